The number of nitrogens with zero attached hydrogens (tertiary/aromatic N) is 4. The van der Waals surface area contributed by atoms with Crippen LogP contribution in [-0.2, 0) is 0 Å². The first kappa shape index (κ1) is 17.1. The molecule has 7 heteroatoms. The van der Waals surface area contributed by atoms with E-state index in [1.165, 1.54) is 0 Å². The Morgan fingerprint density at radius 1 is 0.900 bits per heavy atom. The van der Waals surface area contributed by atoms with Crippen molar-refractivity contribution in [3.05, 3.63) is 71.4 Å². The summed E-state index contributed by atoms with van der Waals surface area (Å²) in [6.07, 6.45) is 7.31. The molecule has 0 atom stereocenters. The number of fused-ring (bicyclic) bond motifs is 2. The summed E-state index contributed by atoms with van der Waals surface area (Å²) < 4.78 is 0. The molecule has 30 heavy (non-hydrogen) atoms. The van der Waals surface area contributed by atoms with Crippen LogP contribution in [0.15, 0.2) is 65.9 Å². The van der Waals surface area contributed by atoms with E-state index < -0.39 is 0 Å². The summed E-state index contributed by atoms with van der Waals surface area (Å²) in [7, 11) is 0. The minimum Gasteiger partial charge on any atom is -0.353 e. The molecule has 6 aromatic rings. The Bertz CT molecular complexity index is 1510. The van der Waals surface area contributed by atoms with Crippen molar-refractivity contribution in [3.8, 4) is 33.9 Å². The molecule has 0 spiro atoms. The fourth-order valence-electron chi connectivity index (χ4n) is 3.81. The average Bonchev–Trinajstić information content (AvgIpc) is 3.51. The summed E-state index contributed by atoms with van der Waals surface area (Å²) in [6.45, 7) is 2.07. The van der Waals surface area contributed by atoms with E-state index in [-0.39, 0.29) is 0 Å². The highest BCUT2D eigenvalue weighted by molar-refractivity contribution is 7.08. The summed E-state index contributed by atoms with van der Waals surface area (Å²) in [6, 6.07) is 10.3. The largest absolute Gasteiger partial charge is 0.353 e. The molecule has 0 bridgehead atoms. The Balaban J connectivity index is 1.53. The van der Waals surface area contributed by atoms with E-state index in [2.05, 4.69) is 66.0 Å². The van der Waals surface area contributed by atoms with Gasteiger partial charge in [0.2, 0.25) is 0 Å². The van der Waals surface area contributed by atoms with Crippen LogP contribution in [0.4, 0.5) is 0 Å². The van der Waals surface area contributed by atoms with Crippen molar-refractivity contribution in [3.63, 3.8) is 0 Å². The predicted octanol–water partition coefficient (Wildman–Crippen LogP) is 5.60. The van der Waals surface area contributed by atoms with Gasteiger partial charge in [-0.1, -0.05) is 0 Å². The molecule has 0 radical (unpaired) electrons. The zero-order valence-corrected chi connectivity index (χ0v) is 16.9. The van der Waals surface area contributed by atoms with Gasteiger partial charge in [0, 0.05) is 51.4 Å². The number of aromatic amines is 2. The molecule has 6 rings (SSSR count). The first-order valence-electron chi connectivity index (χ1n) is 9.54. The zero-order chi connectivity index (χ0) is 20.1. The van der Waals surface area contributed by atoms with Crippen LogP contribution in [0.5, 0.6) is 0 Å². The number of hydrogen-bond acceptors (Lipinski definition) is 5. The summed E-state index contributed by atoms with van der Waals surface area (Å²) in [5, 5.41) is 14.0. The predicted molar refractivity (Wildman–Crippen MR) is 120 cm³/mol. The number of H-pyrrole nitrogens is 2. The highest BCUT2D eigenvalue weighted by Gasteiger charge is 2.15. The van der Waals surface area contributed by atoms with Crippen molar-refractivity contribution in [2.24, 2.45) is 0 Å². The second kappa shape index (κ2) is 6.60. The number of rotatable bonds is 3. The second-order valence-corrected chi connectivity index (χ2v) is 7.97. The number of thiophene rings is 1. The van der Waals surface area contributed by atoms with E-state index in [1.807, 2.05) is 30.7 Å². The molecule has 0 saturated carbocycles. The Hall–Kier alpha value is -3.84. The second-order valence-electron chi connectivity index (χ2n) is 7.19. The maximum absolute atomic E-state index is 4.61. The van der Waals surface area contributed by atoms with E-state index in [0.29, 0.717) is 0 Å². The zero-order valence-electron chi connectivity index (χ0n) is 16.0. The van der Waals surface area contributed by atoms with Crippen molar-refractivity contribution < 1.29 is 0 Å². The molecule has 144 valence electrons. The molecular formula is C23H16N6S. The fraction of sp³-hybridized carbons (Fsp3) is 0.0435. The quantitative estimate of drug-likeness (QED) is 0.399. The molecule has 2 N–H and O–H groups in total. The van der Waals surface area contributed by atoms with Gasteiger partial charge in [-0.25, -0.2) is 0 Å². The molecule has 0 unspecified atom stereocenters. The fourth-order valence-corrected chi connectivity index (χ4v) is 4.45. The van der Waals surface area contributed by atoms with Gasteiger partial charge in [0.15, 0.2) is 0 Å². The van der Waals surface area contributed by atoms with Gasteiger partial charge < -0.3 is 4.98 Å². The van der Waals surface area contributed by atoms with Gasteiger partial charge in [0.05, 0.1) is 28.8 Å². The van der Waals surface area contributed by atoms with Gasteiger partial charge in [-0.2, -0.15) is 16.4 Å². The lowest BCUT2D eigenvalue weighted by atomic mass is 10.1. The maximum atomic E-state index is 4.61. The Morgan fingerprint density at radius 2 is 1.83 bits per heavy atom. The van der Waals surface area contributed by atoms with Gasteiger partial charge in [0.25, 0.3) is 0 Å². The number of aromatic nitrogens is 6. The van der Waals surface area contributed by atoms with Crippen LogP contribution in [0.3, 0.4) is 0 Å². The molecule has 0 aliphatic rings. The summed E-state index contributed by atoms with van der Waals surface area (Å²) in [4.78, 5) is 17.0. The third-order valence-electron chi connectivity index (χ3n) is 5.36. The number of hydrogen-bond donors (Lipinski definition) is 2. The molecule has 0 aliphatic carbocycles. The maximum Gasteiger partial charge on any atom is 0.116 e. The minimum atomic E-state index is 0.864. The lowest BCUT2D eigenvalue weighted by molar-refractivity contribution is 1.11. The summed E-state index contributed by atoms with van der Waals surface area (Å²) in [5.41, 5.74) is 8.88. The minimum absolute atomic E-state index is 0.864. The van der Waals surface area contributed by atoms with E-state index in [0.717, 1.165) is 61.3 Å². The molecule has 6 aromatic heterocycles. The lowest BCUT2D eigenvalue weighted by Crippen LogP contribution is -1.88. The molecule has 0 amide bonds. The molecule has 0 fully saturated rings. The van der Waals surface area contributed by atoms with Crippen LogP contribution in [0.25, 0.3) is 55.7 Å². The molecule has 0 saturated heterocycles. The molecule has 6 heterocycles. The van der Waals surface area contributed by atoms with Crippen LogP contribution in [0.2, 0.25) is 0 Å². The van der Waals surface area contributed by atoms with Crippen LogP contribution >= 0.6 is 11.3 Å². The van der Waals surface area contributed by atoms with E-state index >= 15 is 0 Å². The third-order valence-corrected chi connectivity index (χ3v) is 6.04. The van der Waals surface area contributed by atoms with E-state index in [9.17, 15) is 0 Å². The Labute approximate surface area is 175 Å². The highest BCUT2D eigenvalue weighted by atomic mass is 32.1. The van der Waals surface area contributed by atoms with Gasteiger partial charge in [-0.15, -0.1) is 0 Å². The summed E-state index contributed by atoms with van der Waals surface area (Å²) >= 11 is 1.67. The van der Waals surface area contributed by atoms with Crippen molar-refractivity contribution >= 4 is 33.1 Å². The van der Waals surface area contributed by atoms with E-state index in [4.69, 9.17) is 0 Å². The number of nitrogens with one attached hydrogen (secondary N) is 2. The van der Waals surface area contributed by atoms with E-state index in [1.54, 1.807) is 17.5 Å². The molecular weight excluding hydrogens is 392 g/mol. The van der Waals surface area contributed by atoms with Crippen molar-refractivity contribution in [1.29, 1.82) is 0 Å². The van der Waals surface area contributed by atoms with Gasteiger partial charge in [-0.05, 0) is 48.2 Å². The van der Waals surface area contributed by atoms with Crippen LogP contribution in [-0.4, -0.2) is 30.1 Å². The SMILES string of the molecule is Cc1ccncc1-c1cc2c(-c3cc4c(-c5ccsc5)nccc4[nH]3)n[nH]c2cn1. The molecule has 0 aliphatic heterocycles. The standard InChI is InChI=1S/C23H16N6S/c1-13-2-5-24-10-17(13)19-8-16-21(11-26-19)28-29-23(16)20-9-15-18(27-20)3-6-25-22(15)14-4-7-30-12-14/h2-12,27H,1H3,(H,28,29). The summed E-state index contributed by atoms with van der Waals surface area (Å²) in [5.74, 6) is 0. The third kappa shape index (κ3) is 2.63. The molecule has 6 nitrogen and oxygen atoms in total. The smallest absolute Gasteiger partial charge is 0.116 e. The molecule has 0 aromatic carbocycles. The van der Waals surface area contributed by atoms with Gasteiger partial charge >= 0.3 is 0 Å². The van der Waals surface area contributed by atoms with Crippen LogP contribution < -0.4 is 0 Å². The number of aryl methyl sites for hydroxylation is 1. The first-order valence-corrected chi connectivity index (χ1v) is 10.5. The van der Waals surface area contributed by atoms with Crippen molar-refractivity contribution in [2.45, 2.75) is 6.92 Å². The highest BCUT2D eigenvalue weighted by Crippen LogP contribution is 2.34. The Kier molecular flexibility index (Phi) is 3.75. The topological polar surface area (TPSA) is 83.1 Å². The van der Waals surface area contributed by atoms with Gasteiger partial charge in [0.1, 0.15) is 5.69 Å². The van der Waals surface area contributed by atoms with Crippen molar-refractivity contribution in [1.82, 2.24) is 30.1 Å². The Morgan fingerprint density at radius 3 is 2.70 bits per heavy atom. The van der Waals surface area contributed by atoms with Crippen LogP contribution in [0, 0.1) is 6.92 Å². The average molecular weight is 408 g/mol. The first-order chi connectivity index (χ1) is 14.8. The monoisotopic (exact) mass is 408 g/mol. The number of pyridine rings is 3. The van der Waals surface area contributed by atoms with Crippen LogP contribution in [0.1, 0.15) is 5.56 Å². The van der Waals surface area contributed by atoms with Gasteiger partial charge in [-0.3, -0.25) is 20.1 Å². The lowest BCUT2D eigenvalue weighted by Gasteiger charge is -2.04. The normalized spacial score (nSPS) is 11.5. The van der Waals surface area contributed by atoms with Crippen molar-refractivity contribution in [2.75, 3.05) is 0 Å².